The van der Waals surface area contributed by atoms with Gasteiger partial charge >= 0.3 is 0 Å². The molecule has 84 valence electrons. The van der Waals surface area contributed by atoms with Crippen molar-refractivity contribution >= 4 is 16.9 Å². The Labute approximate surface area is 97.9 Å². The standard InChI is InChI=1S/C12H11N5/c1-8-6-11(13)17(16-8)12-7-14-9-4-2-3-5-10(9)15-12/h2-7H,13H2,1H3. The Bertz CT molecular complexity index is 686. The van der Waals surface area contributed by atoms with E-state index in [1.807, 2.05) is 31.2 Å². The van der Waals surface area contributed by atoms with Crippen molar-refractivity contribution in [3.05, 3.63) is 42.2 Å². The molecule has 0 saturated heterocycles. The summed E-state index contributed by atoms with van der Waals surface area (Å²) in [5, 5.41) is 4.28. The number of nitrogens with two attached hydrogens (primary N) is 1. The fraction of sp³-hybridized carbons (Fsp3) is 0.0833. The largest absolute Gasteiger partial charge is 0.384 e. The highest BCUT2D eigenvalue weighted by molar-refractivity contribution is 5.74. The Morgan fingerprint density at radius 1 is 1.18 bits per heavy atom. The number of nitrogens with zero attached hydrogens (tertiary/aromatic N) is 4. The van der Waals surface area contributed by atoms with Crippen LogP contribution in [-0.4, -0.2) is 19.7 Å². The van der Waals surface area contributed by atoms with Crippen molar-refractivity contribution in [2.75, 3.05) is 5.73 Å². The predicted molar refractivity (Wildman–Crippen MR) is 65.8 cm³/mol. The van der Waals surface area contributed by atoms with Crippen LogP contribution in [0.15, 0.2) is 36.5 Å². The number of aromatic nitrogens is 4. The Morgan fingerprint density at radius 2 is 1.94 bits per heavy atom. The van der Waals surface area contributed by atoms with Gasteiger partial charge in [0.15, 0.2) is 5.82 Å². The maximum Gasteiger partial charge on any atom is 0.174 e. The maximum atomic E-state index is 5.85. The molecule has 0 bridgehead atoms. The van der Waals surface area contributed by atoms with Gasteiger partial charge in [-0.15, -0.1) is 0 Å². The molecule has 0 aliphatic carbocycles. The molecule has 0 saturated carbocycles. The van der Waals surface area contributed by atoms with E-state index in [2.05, 4.69) is 15.1 Å². The van der Waals surface area contributed by atoms with Gasteiger partial charge in [0, 0.05) is 6.07 Å². The van der Waals surface area contributed by atoms with E-state index in [9.17, 15) is 0 Å². The lowest BCUT2D eigenvalue weighted by Gasteiger charge is -2.03. The van der Waals surface area contributed by atoms with Gasteiger partial charge in [-0.2, -0.15) is 9.78 Å². The molecule has 0 radical (unpaired) electrons. The fourth-order valence-electron chi connectivity index (χ4n) is 1.75. The van der Waals surface area contributed by atoms with Crippen molar-refractivity contribution < 1.29 is 0 Å². The zero-order chi connectivity index (χ0) is 11.8. The Kier molecular flexibility index (Phi) is 2.04. The molecule has 2 N–H and O–H groups in total. The molecule has 17 heavy (non-hydrogen) atoms. The molecule has 0 fully saturated rings. The zero-order valence-electron chi connectivity index (χ0n) is 9.33. The number of anilines is 1. The number of hydrogen-bond acceptors (Lipinski definition) is 4. The molecule has 0 aliphatic rings. The van der Waals surface area contributed by atoms with E-state index in [1.165, 1.54) is 0 Å². The van der Waals surface area contributed by atoms with E-state index in [-0.39, 0.29) is 0 Å². The molecule has 2 aromatic heterocycles. The third-order valence-electron chi connectivity index (χ3n) is 2.51. The summed E-state index contributed by atoms with van der Waals surface area (Å²) in [5.74, 6) is 1.20. The minimum absolute atomic E-state index is 0.562. The summed E-state index contributed by atoms with van der Waals surface area (Å²) >= 11 is 0. The molecule has 0 aliphatic heterocycles. The highest BCUT2D eigenvalue weighted by Crippen LogP contribution is 2.14. The summed E-state index contributed by atoms with van der Waals surface area (Å²) in [5.41, 5.74) is 8.40. The first kappa shape index (κ1) is 9.77. The molecule has 3 aromatic rings. The van der Waals surface area contributed by atoms with Gasteiger partial charge < -0.3 is 5.73 Å². The number of fused-ring (bicyclic) bond motifs is 1. The summed E-state index contributed by atoms with van der Waals surface area (Å²) in [6, 6.07) is 9.50. The first-order valence-electron chi connectivity index (χ1n) is 5.28. The monoisotopic (exact) mass is 225 g/mol. The highest BCUT2D eigenvalue weighted by Gasteiger charge is 2.06. The van der Waals surface area contributed by atoms with Crippen LogP contribution < -0.4 is 5.73 Å². The average molecular weight is 225 g/mol. The molecule has 5 heteroatoms. The molecule has 0 unspecified atom stereocenters. The van der Waals surface area contributed by atoms with Gasteiger partial charge in [-0.05, 0) is 19.1 Å². The summed E-state index contributed by atoms with van der Waals surface area (Å²) in [4.78, 5) is 8.81. The van der Waals surface area contributed by atoms with Crippen LogP contribution >= 0.6 is 0 Å². The second-order valence-electron chi connectivity index (χ2n) is 3.84. The summed E-state index contributed by atoms with van der Waals surface area (Å²) in [7, 11) is 0. The van der Waals surface area contributed by atoms with E-state index in [0.717, 1.165) is 16.7 Å². The van der Waals surface area contributed by atoms with Crippen molar-refractivity contribution in [2.45, 2.75) is 6.92 Å². The van der Waals surface area contributed by atoms with E-state index in [4.69, 9.17) is 5.73 Å². The molecule has 2 heterocycles. The Balaban J connectivity index is 2.21. The van der Waals surface area contributed by atoms with Crippen molar-refractivity contribution in [3.63, 3.8) is 0 Å². The predicted octanol–water partition coefficient (Wildman–Crippen LogP) is 1.71. The molecule has 3 rings (SSSR count). The van der Waals surface area contributed by atoms with Crippen LogP contribution in [0.5, 0.6) is 0 Å². The molecule has 5 nitrogen and oxygen atoms in total. The molecule has 0 spiro atoms. The lowest BCUT2D eigenvalue weighted by molar-refractivity contribution is 0.841. The minimum Gasteiger partial charge on any atom is -0.384 e. The summed E-state index contributed by atoms with van der Waals surface area (Å²) < 4.78 is 1.59. The topological polar surface area (TPSA) is 69.6 Å². The lowest BCUT2D eigenvalue weighted by atomic mass is 10.3. The van der Waals surface area contributed by atoms with Crippen LogP contribution in [0.3, 0.4) is 0 Å². The van der Waals surface area contributed by atoms with Crippen molar-refractivity contribution in [1.82, 2.24) is 19.7 Å². The van der Waals surface area contributed by atoms with E-state index in [1.54, 1.807) is 16.9 Å². The highest BCUT2D eigenvalue weighted by atomic mass is 15.3. The van der Waals surface area contributed by atoms with Crippen LogP contribution in [-0.2, 0) is 0 Å². The molecule has 0 atom stereocenters. The second-order valence-corrected chi connectivity index (χ2v) is 3.84. The summed E-state index contributed by atoms with van der Waals surface area (Å²) in [6.45, 7) is 1.89. The van der Waals surface area contributed by atoms with Crippen molar-refractivity contribution in [1.29, 1.82) is 0 Å². The second kappa shape index (κ2) is 3.55. The van der Waals surface area contributed by atoms with Crippen LogP contribution in [0.25, 0.3) is 16.9 Å². The van der Waals surface area contributed by atoms with Gasteiger partial charge in [0.1, 0.15) is 5.82 Å². The van der Waals surface area contributed by atoms with Crippen LogP contribution in [0, 0.1) is 6.92 Å². The minimum atomic E-state index is 0.562. The summed E-state index contributed by atoms with van der Waals surface area (Å²) in [6.07, 6.45) is 1.67. The quantitative estimate of drug-likeness (QED) is 0.684. The number of benzene rings is 1. The third kappa shape index (κ3) is 1.61. The molecular formula is C12H11N5. The smallest absolute Gasteiger partial charge is 0.174 e. The van der Waals surface area contributed by atoms with E-state index >= 15 is 0 Å². The van der Waals surface area contributed by atoms with Crippen molar-refractivity contribution in [2.24, 2.45) is 0 Å². The number of para-hydroxylation sites is 2. The first-order chi connectivity index (χ1) is 8.24. The molecule has 0 amide bonds. The fourth-order valence-corrected chi connectivity index (χ4v) is 1.75. The Hall–Kier alpha value is -2.43. The zero-order valence-corrected chi connectivity index (χ0v) is 9.33. The lowest BCUT2D eigenvalue weighted by Crippen LogP contribution is -2.04. The number of nitrogen functional groups attached to an aromatic ring is 1. The van der Waals surface area contributed by atoms with Crippen LogP contribution in [0.1, 0.15) is 5.69 Å². The molecular weight excluding hydrogens is 214 g/mol. The van der Waals surface area contributed by atoms with Gasteiger partial charge in [0.25, 0.3) is 0 Å². The number of aryl methyl sites for hydroxylation is 1. The van der Waals surface area contributed by atoms with Crippen molar-refractivity contribution in [3.8, 4) is 5.82 Å². The first-order valence-corrected chi connectivity index (χ1v) is 5.28. The van der Waals surface area contributed by atoms with Gasteiger partial charge in [0.2, 0.25) is 0 Å². The van der Waals surface area contributed by atoms with Gasteiger partial charge in [-0.3, -0.25) is 4.98 Å². The van der Waals surface area contributed by atoms with E-state index in [0.29, 0.717) is 11.6 Å². The third-order valence-corrected chi connectivity index (χ3v) is 2.51. The normalized spacial score (nSPS) is 10.9. The van der Waals surface area contributed by atoms with Gasteiger partial charge in [-0.1, -0.05) is 12.1 Å². The Morgan fingerprint density at radius 3 is 2.65 bits per heavy atom. The number of hydrogen-bond donors (Lipinski definition) is 1. The molecule has 1 aromatic carbocycles. The average Bonchev–Trinajstić information content (AvgIpc) is 2.68. The van der Waals surface area contributed by atoms with E-state index < -0.39 is 0 Å². The maximum absolute atomic E-state index is 5.85. The van der Waals surface area contributed by atoms with Crippen LogP contribution in [0.2, 0.25) is 0 Å². The van der Waals surface area contributed by atoms with Gasteiger partial charge in [-0.25, -0.2) is 4.98 Å². The van der Waals surface area contributed by atoms with Gasteiger partial charge in [0.05, 0.1) is 22.9 Å². The van der Waals surface area contributed by atoms with Crippen LogP contribution in [0.4, 0.5) is 5.82 Å². The number of rotatable bonds is 1. The SMILES string of the molecule is Cc1cc(N)n(-c2cnc3ccccc3n2)n1.